The van der Waals surface area contributed by atoms with Gasteiger partial charge in [0.1, 0.15) is 6.61 Å². The van der Waals surface area contributed by atoms with E-state index in [-0.39, 0.29) is 37.6 Å². The third-order valence-electron chi connectivity index (χ3n) is 5.20. The van der Waals surface area contributed by atoms with E-state index < -0.39 is 6.09 Å². The predicted octanol–water partition coefficient (Wildman–Crippen LogP) is -0.238. The Hall–Kier alpha value is -1.95. The summed E-state index contributed by atoms with van der Waals surface area (Å²) >= 11 is 0. The van der Waals surface area contributed by atoms with Crippen LogP contribution < -0.4 is 33.6 Å². The third-order valence-corrected chi connectivity index (χ3v) is 5.20. The largest absolute Gasteiger partial charge is 0.448 e. The Bertz CT molecular complexity index is 523. The first-order valence-corrected chi connectivity index (χ1v) is 12.2. The highest BCUT2D eigenvalue weighted by Crippen LogP contribution is 2.05. The summed E-state index contributed by atoms with van der Waals surface area (Å²) in [5.41, 5.74) is 21.6. The minimum atomic E-state index is -0.889. The minimum Gasteiger partial charge on any atom is -0.448 e. The maximum atomic E-state index is 12.7. The Labute approximate surface area is 198 Å². The lowest BCUT2D eigenvalue weighted by molar-refractivity contribution is -0.135. The predicted molar refractivity (Wildman–Crippen MR) is 130 cm³/mol. The van der Waals surface area contributed by atoms with E-state index >= 15 is 0 Å². The second-order valence-corrected chi connectivity index (χ2v) is 8.22. The molecule has 0 bridgehead atoms. The second kappa shape index (κ2) is 21.9. The standard InChI is InChI=1S/C22H47N7O4/c23-11-5-2-1-3-9-15-29(21(31)16-27-14-8-7-13-25)17-20(30)28-19(10-4-6-12-24)18-33-22(26)32/h19,27H,1-18,23-25H2,(H2,26,32)(H,28,30)/t19-/m1/s1. The van der Waals surface area contributed by atoms with E-state index in [1.54, 1.807) is 4.90 Å². The molecule has 0 aromatic carbocycles. The van der Waals surface area contributed by atoms with Gasteiger partial charge in [0.2, 0.25) is 11.8 Å². The molecule has 10 N–H and O–H groups in total. The SMILES string of the molecule is NCCCCCCCN(CC(=O)N[C@H](CCCCN)COC(N)=O)C(=O)CNCCCCN. The van der Waals surface area contributed by atoms with Crippen LogP contribution in [0.15, 0.2) is 0 Å². The van der Waals surface area contributed by atoms with Crippen LogP contribution in [0.25, 0.3) is 0 Å². The number of nitrogens with one attached hydrogen (secondary N) is 2. The summed E-state index contributed by atoms with van der Waals surface area (Å²) in [6.07, 6.45) is 8.00. The van der Waals surface area contributed by atoms with E-state index in [0.717, 1.165) is 57.8 Å². The number of rotatable bonds is 22. The third kappa shape index (κ3) is 19.2. The van der Waals surface area contributed by atoms with Crippen molar-refractivity contribution in [1.82, 2.24) is 15.5 Å². The molecule has 0 aliphatic rings. The number of nitrogens with zero attached hydrogens (tertiary/aromatic N) is 1. The fraction of sp³-hybridized carbons (Fsp3) is 0.864. The average molecular weight is 474 g/mol. The number of nitrogens with two attached hydrogens (primary N) is 4. The van der Waals surface area contributed by atoms with Crippen molar-refractivity contribution < 1.29 is 19.1 Å². The van der Waals surface area contributed by atoms with Gasteiger partial charge >= 0.3 is 6.09 Å². The van der Waals surface area contributed by atoms with Crippen molar-refractivity contribution in [2.75, 3.05) is 52.4 Å². The van der Waals surface area contributed by atoms with Gasteiger partial charge in [-0.05, 0) is 64.7 Å². The van der Waals surface area contributed by atoms with Crippen molar-refractivity contribution in [2.24, 2.45) is 22.9 Å². The van der Waals surface area contributed by atoms with E-state index in [4.69, 9.17) is 27.7 Å². The average Bonchev–Trinajstić information content (AvgIpc) is 2.78. The summed E-state index contributed by atoms with van der Waals surface area (Å²) in [4.78, 5) is 38.0. The summed E-state index contributed by atoms with van der Waals surface area (Å²) in [5, 5.41) is 5.99. The van der Waals surface area contributed by atoms with E-state index in [1.807, 2.05) is 0 Å². The summed E-state index contributed by atoms with van der Waals surface area (Å²) < 4.78 is 4.87. The zero-order valence-electron chi connectivity index (χ0n) is 20.2. The summed E-state index contributed by atoms with van der Waals surface area (Å²) in [7, 11) is 0. The molecular formula is C22H47N7O4. The molecule has 11 nitrogen and oxygen atoms in total. The molecule has 0 aliphatic carbocycles. The summed E-state index contributed by atoms with van der Waals surface area (Å²) in [6.45, 7) is 3.19. The number of amides is 3. The molecule has 0 saturated carbocycles. The number of primary amides is 1. The molecule has 0 radical (unpaired) electrons. The van der Waals surface area contributed by atoms with E-state index in [2.05, 4.69) is 10.6 Å². The zero-order chi connectivity index (χ0) is 24.7. The van der Waals surface area contributed by atoms with Crippen LogP contribution >= 0.6 is 0 Å². The molecule has 1 atom stereocenters. The molecule has 11 heteroatoms. The summed E-state index contributed by atoms with van der Waals surface area (Å²) in [6, 6.07) is -0.376. The molecule has 194 valence electrons. The molecule has 33 heavy (non-hydrogen) atoms. The Morgan fingerprint density at radius 3 is 2.09 bits per heavy atom. The molecule has 0 aromatic heterocycles. The van der Waals surface area contributed by atoms with Gasteiger partial charge in [-0.3, -0.25) is 9.59 Å². The molecule has 0 spiro atoms. The Balaban J connectivity index is 4.76. The van der Waals surface area contributed by atoms with Crippen LogP contribution in [0.4, 0.5) is 4.79 Å². The molecule has 0 saturated heterocycles. The lowest BCUT2D eigenvalue weighted by Crippen LogP contribution is -2.48. The minimum absolute atomic E-state index is 0.0105. The Kier molecular flexibility index (Phi) is 20.6. The van der Waals surface area contributed by atoms with Crippen molar-refractivity contribution in [3.8, 4) is 0 Å². The summed E-state index contributed by atoms with van der Waals surface area (Å²) in [5.74, 6) is -0.409. The molecule has 0 rings (SSSR count). The first-order valence-electron chi connectivity index (χ1n) is 12.2. The van der Waals surface area contributed by atoms with Crippen LogP contribution in [0.5, 0.6) is 0 Å². The second-order valence-electron chi connectivity index (χ2n) is 8.22. The van der Waals surface area contributed by atoms with Gasteiger partial charge in [-0.1, -0.05) is 25.7 Å². The van der Waals surface area contributed by atoms with Gasteiger partial charge in [0.05, 0.1) is 19.1 Å². The van der Waals surface area contributed by atoms with Crippen molar-refractivity contribution in [3.63, 3.8) is 0 Å². The number of carbonyl (C=O) groups is 3. The van der Waals surface area contributed by atoms with Crippen LogP contribution in [-0.2, 0) is 14.3 Å². The number of ether oxygens (including phenoxy) is 1. The normalized spacial score (nSPS) is 11.7. The van der Waals surface area contributed by atoms with E-state index in [1.165, 1.54) is 0 Å². The van der Waals surface area contributed by atoms with Gasteiger partial charge < -0.3 is 43.2 Å². The number of hydrogen-bond donors (Lipinski definition) is 6. The van der Waals surface area contributed by atoms with Gasteiger partial charge in [0.25, 0.3) is 0 Å². The fourth-order valence-electron chi connectivity index (χ4n) is 3.33. The lowest BCUT2D eigenvalue weighted by atomic mass is 10.1. The molecular weight excluding hydrogens is 426 g/mol. The van der Waals surface area contributed by atoms with Crippen LogP contribution in [0.2, 0.25) is 0 Å². The fourth-order valence-corrected chi connectivity index (χ4v) is 3.33. The smallest absolute Gasteiger partial charge is 0.404 e. The molecule has 0 unspecified atom stereocenters. The van der Waals surface area contributed by atoms with Crippen molar-refractivity contribution in [1.29, 1.82) is 0 Å². The molecule has 0 fully saturated rings. The molecule has 0 aliphatic heterocycles. The Morgan fingerprint density at radius 2 is 1.42 bits per heavy atom. The maximum Gasteiger partial charge on any atom is 0.404 e. The van der Waals surface area contributed by atoms with Crippen molar-refractivity contribution in [3.05, 3.63) is 0 Å². The van der Waals surface area contributed by atoms with Crippen LogP contribution in [-0.4, -0.2) is 81.3 Å². The van der Waals surface area contributed by atoms with Gasteiger partial charge in [-0.2, -0.15) is 0 Å². The van der Waals surface area contributed by atoms with Gasteiger partial charge in [-0.25, -0.2) is 4.79 Å². The highest BCUT2D eigenvalue weighted by molar-refractivity contribution is 5.85. The van der Waals surface area contributed by atoms with Gasteiger partial charge in [0, 0.05) is 6.54 Å². The molecule has 0 aromatic rings. The topological polar surface area (TPSA) is 192 Å². The first-order chi connectivity index (χ1) is 15.9. The quantitative estimate of drug-likeness (QED) is 0.116. The van der Waals surface area contributed by atoms with E-state index in [9.17, 15) is 14.4 Å². The zero-order valence-corrected chi connectivity index (χ0v) is 20.2. The highest BCUT2D eigenvalue weighted by atomic mass is 16.5. The Morgan fingerprint density at radius 1 is 0.818 bits per heavy atom. The molecule has 3 amide bonds. The molecule has 0 heterocycles. The van der Waals surface area contributed by atoms with Gasteiger partial charge in [0.15, 0.2) is 0 Å². The number of hydrogen-bond acceptors (Lipinski definition) is 8. The van der Waals surface area contributed by atoms with E-state index in [0.29, 0.717) is 39.1 Å². The monoisotopic (exact) mass is 473 g/mol. The van der Waals surface area contributed by atoms with Crippen LogP contribution in [0.3, 0.4) is 0 Å². The number of unbranched alkanes of at least 4 members (excludes halogenated alkanes) is 6. The van der Waals surface area contributed by atoms with Gasteiger partial charge in [-0.15, -0.1) is 0 Å². The van der Waals surface area contributed by atoms with Crippen molar-refractivity contribution >= 4 is 17.9 Å². The van der Waals surface area contributed by atoms with Crippen LogP contribution in [0, 0.1) is 0 Å². The van der Waals surface area contributed by atoms with Crippen LogP contribution in [0.1, 0.15) is 64.2 Å². The highest BCUT2D eigenvalue weighted by Gasteiger charge is 2.20. The lowest BCUT2D eigenvalue weighted by Gasteiger charge is -2.25. The van der Waals surface area contributed by atoms with Crippen molar-refractivity contribution in [2.45, 2.75) is 70.3 Å². The number of carbonyl (C=O) groups excluding carboxylic acids is 3. The first kappa shape index (κ1) is 31.0. The maximum absolute atomic E-state index is 12.7.